The van der Waals surface area contributed by atoms with E-state index >= 15 is 0 Å². The van der Waals surface area contributed by atoms with Crippen molar-refractivity contribution in [2.75, 3.05) is 32.8 Å². The van der Waals surface area contributed by atoms with E-state index in [1.807, 2.05) is 6.07 Å². The second-order valence-corrected chi connectivity index (χ2v) is 5.48. The molecule has 6 heteroatoms. The lowest BCUT2D eigenvalue weighted by Gasteiger charge is -2.38. The summed E-state index contributed by atoms with van der Waals surface area (Å²) in [5.41, 5.74) is 1.13. The maximum atomic E-state index is 10.8. The van der Waals surface area contributed by atoms with Crippen LogP contribution in [0, 0.1) is 10.1 Å². The van der Waals surface area contributed by atoms with Gasteiger partial charge in [-0.3, -0.25) is 19.9 Å². The number of nitrogens with zero attached hydrogens (tertiary/aromatic N) is 3. The average Bonchev–Trinajstić information content (AvgIpc) is 2.50. The third-order valence-corrected chi connectivity index (χ3v) is 4.13. The largest absolute Gasteiger partial charge is 0.395 e. The van der Waals surface area contributed by atoms with E-state index in [9.17, 15) is 15.2 Å². The van der Waals surface area contributed by atoms with E-state index in [0.29, 0.717) is 0 Å². The standard InChI is InChI=1S/C15H23N3O3/c1-2-14(12-19)17-8-6-16(7-9-17)11-13-4-3-5-15(10-13)18(20)21/h3-5,10,14,19H,2,6-9,11-12H2,1H3/t14-/m1/s1. The number of benzene rings is 1. The van der Waals surface area contributed by atoms with Gasteiger partial charge in [-0.2, -0.15) is 0 Å². The lowest BCUT2D eigenvalue weighted by atomic mass is 10.1. The number of hydrogen-bond acceptors (Lipinski definition) is 5. The Kier molecular flexibility index (Phi) is 5.67. The predicted octanol–water partition coefficient (Wildman–Crippen LogP) is 1.48. The summed E-state index contributed by atoms with van der Waals surface area (Å²) < 4.78 is 0. The Hall–Kier alpha value is -1.50. The Balaban J connectivity index is 1.89. The summed E-state index contributed by atoms with van der Waals surface area (Å²) in [6, 6.07) is 7.10. The first-order chi connectivity index (χ1) is 10.1. The van der Waals surface area contributed by atoms with Crippen molar-refractivity contribution < 1.29 is 10.0 Å². The van der Waals surface area contributed by atoms with Crippen LogP contribution >= 0.6 is 0 Å². The van der Waals surface area contributed by atoms with Crippen LogP contribution in [0.2, 0.25) is 0 Å². The Morgan fingerprint density at radius 3 is 2.62 bits per heavy atom. The summed E-state index contributed by atoms with van der Waals surface area (Å²) in [5, 5.41) is 20.1. The first kappa shape index (κ1) is 15.9. The van der Waals surface area contributed by atoms with Gasteiger partial charge in [0, 0.05) is 50.9 Å². The number of aliphatic hydroxyl groups is 1. The molecular formula is C15H23N3O3. The first-order valence-corrected chi connectivity index (χ1v) is 7.44. The van der Waals surface area contributed by atoms with Crippen molar-refractivity contribution in [2.24, 2.45) is 0 Å². The number of nitro benzene ring substituents is 1. The Morgan fingerprint density at radius 2 is 2.05 bits per heavy atom. The summed E-state index contributed by atoms with van der Waals surface area (Å²) >= 11 is 0. The van der Waals surface area contributed by atoms with E-state index in [1.165, 1.54) is 6.07 Å². The number of piperazine rings is 1. The van der Waals surface area contributed by atoms with Gasteiger partial charge in [0.1, 0.15) is 0 Å². The second-order valence-electron chi connectivity index (χ2n) is 5.48. The molecule has 1 aliphatic heterocycles. The topological polar surface area (TPSA) is 69.8 Å². The van der Waals surface area contributed by atoms with E-state index in [1.54, 1.807) is 12.1 Å². The van der Waals surface area contributed by atoms with Crippen LogP contribution in [0.1, 0.15) is 18.9 Å². The van der Waals surface area contributed by atoms with Crippen LogP contribution < -0.4 is 0 Å². The van der Waals surface area contributed by atoms with Gasteiger partial charge >= 0.3 is 0 Å². The van der Waals surface area contributed by atoms with Crippen LogP contribution in [0.3, 0.4) is 0 Å². The zero-order chi connectivity index (χ0) is 15.2. The summed E-state index contributed by atoms with van der Waals surface area (Å²) in [7, 11) is 0. The third kappa shape index (κ3) is 4.23. The summed E-state index contributed by atoms with van der Waals surface area (Å²) in [6.07, 6.45) is 0.960. The van der Waals surface area contributed by atoms with Crippen molar-refractivity contribution in [3.05, 3.63) is 39.9 Å². The molecule has 21 heavy (non-hydrogen) atoms. The number of rotatable bonds is 6. The van der Waals surface area contributed by atoms with Crippen molar-refractivity contribution in [3.8, 4) is 0 Å². The van der Waals surface area contributed by atoms with Gasteiger partial charge in [0.2, 0.25) is 0 Å². The molecule has 0 aromatic heterocycles. The molecule has 116 valence electrons. The number of aliphatic hydroxyl groups excluding tert-OH is 1. The zero-order valence-electron chi connectivity index (χ0n) is 12.4. The molecule has 0 spiro atoms. The van der Waals surface area contributed by atoms with Crippen LogP contribution in [-0.2, 0) is 6.54 Å². The molecule has 1 aromatic carbocycles. The smallest absolute Gasteiger partial charge is 0.269 e. The van der Waals surface area contributed by atoms with E-state index in [2.05, 4.69) is 16.7 Å². The molecule has 1 fully saturated rings. The minimum atomic E-state index is -0.353. The Labute approximate surface area is 125 Å². The first-order valence-electron chi connectivity index (χ1n) is 7.44. The zero-order valence-corrected chi connectivity index (χ0v) is 12.4. The van der Waals surface area contributed by atoms with Gasteiger partial charge in [0.25, 0.3) is 5.69 Å². The molecule has 6 nitrogen and oxygen atoms in total. The van der Waals surface area contributed by atoms with Crippen LogP contribution in [-0.4, -0.2) is 58.7 Å². The van der Waals surface area contributed by atoms with Gasteiger partial charge in [0.05, 0.1) is 11.5 Å². The SMILES string of the molecule is CC[C@H](CO)N1CCN(Cc2cccc([N+](=O)[O-])c2)CC1. The molecule has 0 aliphatic carbocycles. The highest BCUT2D eigenvalue weighted by Crippen LogP contribution is 2.16. The minimum Gasteiger partial charge on any atom is -0.395 e. The molecule has 2 rings (SSSR count). The summed E-state index contributed by atoms with van der Waals surface area (Å²) in [5.74, 6) is 0. The van der Waals surface area contributed by atoms with E-state index < -0.39 is 0 Å². The maximum Gasteiger partial charge on any atom is 0.269 e. The van der Waals surface area contributed by atoms with E-state index in [0.717, 1.165) is 44.7 Å². The highest BCUT2D eigenvalue weighted by Gasteiger charge is 2.22. The fourth-order valence-corrected chi connectivity index (χ4v) is 2.82. The lowest BCUT2D eigenvalue weighted by Crippen LogP contribution is -2.50. The van der Waals surface area contributed by atoms with Gasteiger partial charge in [-0.25, -0.2) is 0 Å². The molecule has 0 saturated carbocycles. The van der Waals surface area contributed by atoms with Gasteiger partial charge < -0.3 is 5.11 Å². The van der Waals surface area contributed by atoms with Gasteiger partial charge in [-0.15, -0.1) is 0 Å². The highest BCUT2D eigenvalue weighted by atomic mass is 16.6. The normalized spacial score (nSPS) is 18.6. The average molecular weight is 293 g/mol. The third-order valence-electron chi connectivity index (χ3n) is 4.13. The van der Waals surface area contributed by atoms with Crippen molar-refractivity contribution in [1.82, 2.24) is 9.80 Å². The van der Waals surface area contributed by atoms with Crippen LogP contribution in [0.15, 0.2) is 24.3 Å². The summed E-state index contributed by atoms with van der Waals surface area (Å²) in [6.45, 7) is 6.78. The lowest BCUT2D eigenvalue weighted by molar-refractivity contribution is -0.384. The van der Waals surface area contributed by atoms with Gasteiger partial charge in [-0.05, 0) is 12.0 Å². The fraction of sp³-hybridized carbons (Fsp3) is 0.600. The molecule has 1 saturated heterocycles. The van der Waals surface area contributed by atoms with Gasteiger partial charge in [-0.1, -0.05) is 19.1 Å². The molecule has 1 heterocycles. The minimum absolute atomic E-state index is 0.150. The second kappa shape index (κ2) is 7.49. The van der Waals surface area contributed by atoms with Crippen LogP contribution in [0.25, 0.3) is 0 Å². The molecule has 0 unspecified atom stereocenters. The van der Waals surface area contributed by atoms with Crippen LogP contribution in [0.5, 0.6) is 0 Å². The highest BCUT2D eigenvalue weighted by molar-refractivity contribution is 5.34. The Bertz CT molecular complexity index is 469. The Morgan fingerprint density at radius 1 is 1.33 bits per heavy atom. The van der Waals surface area contributed by atoms with Crippen molar-refractivity contribution in [2.45, 2.75) is 25.9 Å². The van der Waals surface area contributed by atoms with Crippen molar-refractivity contribution >= 4 is 5.69 Å². The molecule has 1 N–H and O–H groups in total. The molecule has 0 bridgehead atoms. The summed E-state index contributed by atoms with van der Waals surface area (Å²) in [4.78, 5) is 15.1. The molecule has 1 atom stereocenters. The van der Waals surface area contributed by atoms with Gasteiger partial charge in [0.15, 0.2) is 0 Å². The molecular weight excluding hydrogens is 270 g/mol. The van der Waals surface area contributed by atoms with E-state index in [-0.39, 0.29) is 23.3 Å². The maximum absolute atomic E-state index is 10.8. The number of nitro groups is 1. The molecule has 0 amide bonds. The number of hydrogen-bond donors (Lipinski definition) is 1. The van der Waals surface area contributed by atoms with Crippen molar-refractivity contribution in [1.29, 1.82) is 0 Å². The fourth-order valence-electron chi connectivity index (χ4n) is 2.82. The quantitative estimate of drug-likeness (QED) is 0.635. The molecule has 0 radical (unpaired) electrons. The monoisotopic (exact) mass is 293 g/mol. The van der Waals surface area contributed by atoms with Crippen LogP contribution in [0.4, 0.5) is 5.69 Å². The molecule has 1 aromatic rings. The van der Waals surface area contributed by atoms with E-state index in [4.69, 9.17) is 0 Å². The van der Waals surface area contributed by atoms with Crippen molar-refractivity contribution in [3.63, 3.8) is 0 Å². The number of non-ortho nitro benzene ring substituents is 1. The predicted molar refractivity (Wildman–Crippen MR) is 81.1 cm³/mol. The molecule has 1 aliphatic rings.